The third kappa shape index (κ3) is 4.47. The predicted octanol–water partition coefficient (Wildman–Crippen LogP) is 3.56. The molecule has 2 atom stereocenters. The van der Waals surface area contributed by atoms with Crippen molar-refractivity contribution in [1.82, 2.24) is 9.88 Å². The second-order valence-electron chi connectivity index (χ2n) is 10.2. The number of fused-ring (bicyclic) bond motifs is 1. The molecule has 1 saturated heterocycles. The summed E-state index contributed by atoms with van der Waals surface area (Å²) in [5.74, 6) is 0. The Bertz CT molecular complexity index is 1080. The molecule has 0 amide bonds. The van der Waals surface area contributed by atoms with Crippen LogP contribution in [0.1, 0.15) is 37.9 Å². The van der Waals surface area contributed by atoms with Gasteiger partial charge in [-0.05, 0) is 46.9 Å². The largest absolute Gasteiger partial charge is 0.385 e. The monoisotopic (exact) mass is 455 g/mol. The Balaban J connectivity index is 1.38. The van der Waals surface area contributed by atoms with Gasteiger partial charge in [0.05, 0.1) is 23.7 Å². The fourth-order valence-corrected chi connectivity index (χ4v) is 6.26. The number of pyridine rings is 1. The molecule has 2 fully saturated rings. The van der Waals surface area contributed by atoms with Crippen molar-refractivity contribution in [1.29, 1.82) is 0 Å². The first-order chi connectivity index (χ1) is 14.9. The summed E-state index contributed by atoms with van der Waals surface area (Å²) in [5, 5.41) is 11.6. The molecule has 1 saturated carbocycles. The summed E-state index contributed by atoms with van der Waals surface area (Å²) >= 11 is 0. The number of aliphatic hydroxyl groups is 1. The van der Waals surface area contributed by atoms with Gasteiger partial charge in [0.2, 0.25) is 10.0 Å². The summed E-state index contributed by atoms with van der Waals surface area (Å²) in [6.45, 7) is 11.6. The van der Waals surface area contributed by atoms with Crippen LogP contribution in [0, 0.1) is 10.8 Å². The van der Waals surface area contributed by atoms with Crippen molar-refractivity contribution in [3.8, 4) is 0 Å². The fraction of sp³-hybridized carbons (Fsp3) is 0.480. The van der Waals surface area contributed by atoms with E-state index in [9.17, 15) is 13.5 Å². The molecular weight excluding hydrogens is 422 g/mol. The van der Waals surface area contributed by atoms with Gasteiger partial charge in [-0.1, -0.05) is 50.8 Å². The highest BCUT2D eigenvalue weighted by molar-refractivity contribution is 7.92. The van der Waals surface area contributed by atoms with Crippen molar-refractivity contribution >= 4 is 21.3 Å². The van der Waals surface area contributed by atoms with Crippen LogP contribution in [-0.4, -0.2) is 54.9 Å². The molecule has 2 heterocycles. The second kappa shape index (κ2) is 7.97. The van der Waals surface area contributed by atoms with E-state index in [1.54, 1.807) is 12.3 Å². The van der Waals surface area contributed by atoms with Crippen LogP contribution in [0.15, 0.2) is 55.2 Å². The van der Waals surface area contributed by atoms with Gasteiger partial charge < -0.3 is 10.0 Å². The van der Waals surface area contributed by atoms with Gasteiger partial charge in [0.25, 0.3) is 0 Å². The molecule has 2 N–H and O–H groups in total. The number of anilines is 1. The average Bonchev–Trinajstić information content (AvgIpc) is 3.06. The number of nitrogens with zero attached hydrogens (tertiary/aromatic N) is 2. The molecule has 0 bridgehead atoms. The first-order valence-electron chi connectivity index (χ1n) is 11.0. The lowest BCUT2D eigenvalue weighted by Crippen LogP contribution is -2.34. The summed E-state index contributed by atoms with van der Waals surface area (Å²) in [5.41, 5.74) is 2.40. The van der Waals surface area contributed by atoms with Crippen molar-refractivity contribution in [2.45, 2.75) is 38.7 Å². The third-order valence-corrected chi connectivity index (χ3v) is 8.07. The van der Waals surface area contributed by atoms with Crippen LogP contribution in [0.4, 0.5) is 5.69 Å². The standard InChI is InChI=1S/C25H33N3O3S/c1-19(20-8-6-5-7-9-20)25(29)15-23(2)17-28(18-24(23,3)16-25)13-12-21-10-11-22(14-26-21)27-32(4,30)31/h5-11,14,27,29H,1,12-13,15-18H2,2-4H3. The lowest BCUT2D eigenvalue weighted by Gasteiger charge is -2.32. The van der Waals surface area contributed by atoms with Crippen LogP contribution < -0.4 is 4.72 Å². The van der Waals surface area contributed by atoms with Crippen molar-refractivity contribution in [3.05, 3.63) is 66.5 Å². The normalized spacial score (nSPS) is 30.2. The van der Waals surface area contributed by atoms with Crippen LogP contribution in [-0.2, 0) is 16.4 Å². The SMILES string of the molecule is C=C(c1ccccc1)C1(O)CC2(C)CN(CCc3ccc(NS(C)(=O)=O)cn3)CC2(C)C1. The van der Waals surface area contributed by atoms with Crippen molar-refractivity contribution in [3.63, 3.8) is 0 Å². The highest BCUT2D eigenvalue weighted by atomic mass is 32.2. The summed E-state index contributed by atoms with van der Waals surface area (Å²) in [6.07, 6.45) is 4.91. The smallest absolute Gasteiger partial charge is 0.229 e. The molecule has 2 aromatic rings. The molecule has 172 valence electrons. The Hall–Kier alpha value is -2.22. The number of sulfonamides is 1. The van der Waals surface area contributed by atoms with Gasteiger partial charge in [-0.2, -0.15) is 0 Å². The Morgan fingerprint density at radius 1 is 1.12 bits per heavy atom. The van der Waals surface area contributed by atoms with E-state index in [4.69, 9.17) is 0 Å². The average molecular weight is 456 g/mol. The zero-order valence-electron chi connectivity index (χ0n) is 19.1. The molecular formula is C25H33N3O3S. The minimum atomic E-state index is -3.30. The first kappa shape index (κ1) is 23.0. The number of nitrogens with one attached hydrogen (secondary N) is 1. The van der Waals surface area contributed by atoms with Gasteiger partial charge in [0.15, 0.2) is 0 Å². The van der Waals surface area contributed by atoms with Gasteiger partial charge in [-0.3, -0.25) is 9.71 Å². The summed E-state index contributed by atoms with van der Waals surface area (Å²) in [7, 11) is -3.30. The molecule has 0 spiro atoms. The van der Waals surface area contributed by atoms with E-state index in [2.05, 4.69) is 35.0 Å². The van der Waals surface area contributed by atoms with Crippen LogP contribution in [0.2, 0.25) is 0 Å². The molecule has 4 rings (SSSR count). The van der Waals surface area contributed by atoms with Crippen LogP contribution in [0.3, 0.4) is 0 Å². The fourth-order valence-electron chi connectivity index (χ4n) is 5.72. The lowest BCUT2D eigenvalue weighted by atomic mass is 9.71. The quantitative estimate of drug-likeness (QED) is 0.667. The lowest BCUT2D eigenvalue weighted by molar-refractivity contribution is 0.0832. The van der Waals surface area contributed by atoms with Crippen LogP contribution in [0.25, 0.3) is 5.57 Å². The second-order valence-corrected chi connectivity index (χ2v) is 12.0. The van der Waals surface area contributed by atoms with Gasteiger partial charge >= 0.3 is 0 Å². The molecule has 1 aliphatic heterocycles. The summed E-state index contributed by atoms with van der Waals surface area (Å²) in [6, 6.07) is 13.6. The van der Waals surface area contributed by atoms with Gasteiger partial charge in [-0.25, -0.2) is 8.42 Å². The molecule has 1 aromatic carbocycles. The number of benzene rings is 1. The number of hydrogen-bond acceptors (Lipinski definition) is 5. The Morgan fingerprint density at radius 3 is 2.28 bits per heavy atom. The van der Waals surface area contributed by atoms with E-state index in [0.29, 0.717) is 18.5 Å². The van der Waals surface area contributed by atoms with Crippen molar-refractivity contribution in [2.75, 3.05) is 30.6 Å². The Labute approximate surface area is 191 Å². The molecule has 1 aromatic heterocycles. The maximum Gasteiger partial charge on any atom is 0.229 e. The minimum absolute atomic E-state index is 0.0101. The number of hydrogen-bond donors (Lipinski definition) is 2. The Kier molecular flexibility index (Phi) is 5.72. The molecule has 7 heteroatoms. The molecule has 0 radical (unpaired) electrons. The van der Waals surface area contributed by atoms with E-state index >= 15 is 0 Å². The van der Waals surface area contributed by atoms with Gasteiger partial charge in [0.1, 0.15) is 0 Å². The van der Waals surface area contributed by atoms with Gasteiger partial charge in [-0.15, -0.1) is 0 Å². The summed E-state index contributed by atoms with van der Waals surface area (Å²) in [4.78, 5) is 6.87. The van der Waals surface area contributed by atoms with E-state index in [0.717, 1.165) is 49.1 Å². The zero-order valence-corrected chi connectivity index (χ0v) is 20.0. The molecule has 2 aliphatic rings. The number of likely N-dealkylation sites (tertiary alicyclic amines) is 1. The number of aromatic nitrogens is 1. The molecule has 32 heavy (non-hydrogen) atoms. The highest BCUT2D eigenvalue weighted by Gasteiger charge is 2.63. The van der Waals surface area contributed by atoms with Crippen molar-refractivity contribution < 1.29 is 13.5 Å². The first-order valence-corrected chi connectivity index (χ1v) is 12.9. The molecule has 2 unspecified atom stereocenters. The van der Waals surface area contributed by atoms with E-state index in [1.807, 2.05) is 36.4 Å². The van der Waals surface area contributed by atoms with E-state index < -0.39 is 15.6 Å². The maximum absolute atomic E-state index is 11.6. The van der Waals surface area contributed by atoms with E-state index in [-0.39, 0.29) is 10.8 Å². The predicted molar refractivity (Wildman–Crippen MR) is 129 cm³/mol. The highest BCUT2D eigenvalue weighted by Crippen LogP contribution is 2.63. The Morgan fingerprint density at radius 2 is 1.75 bits per heavy atom. The van der Waals surface area contributed by atoms with Crippen molar-refractivity contribution in [2.24, 2.45) is 10.8 Å². The topological polar surface area (TPSA) is 82.5 Å². The van der Waals surface area contributed by atoms with Gasteiger partial charge in [0, 0.05) is 31.7 Å². The van der Waals surface area contributed by atoms with E-state index in [1.165, 1.54) is 0 Å². The molecule has 6 nitrogen and oxygen atoms in total. The third-order valence-electron chi connectivity index (χ3n) is 7.46. The zero-order chi connectivity index (χ0) is 23.2. The number of rotatable bonds is 7. The maximum atomic E-state index is 11.6. The summed E-state index contributed by atoms with van der Waals surface area (Å²) < 4.78 is 25.1. The van der Waals surface area contributed by atoms with Crippen LogP contribution in [0.5, 0.6) is 0 Å². The molecule has 1 aliphatic carbocycles. The van der Waals surface area contributed by atoms with Crippen LogP contribution >= 0.6 is 0 Å². The minimum Gasteiger partial charge on any atom is -0.385 e.